The Balaban J connectivity index is 2.80. The molecule has 0 aromatic carbocycles. The van der Waals surface area contributed by atoms with Crippen LogP contribution in [0.4, 0.5) is 5.82 Å². The van der Waals surface area contributed by atoms with Crippen molar-refractivity contribution in [2.45, 2.75) is 26.8 Å². The van der Waals surface area contributed by atoms with Gasteiger partial charge < -0.3 is 10.6 Å². The lowest BCUT2D eigenvalue weighted by molar-refractivity contribution is 0.709. The van der Waals surface area contributed by atoms with Gasteiger partial charge in [-0.05, 0) is 20.8 Å². The molecule has 0 fully saturated rings. The fourth-order valence-corrected chi connectivity index (χ4v) is 1.24. The molecule has 1 rings (SSSR count). The van der Waals surface area contributed by atoms with Crippen LogP contribution in [0.25, 0.3) is 0 Å². The first-order valence-corrected chi connectivity index (χ1v) is 4.77. The Morgan fingerprint density at radius 3 is 2.57 bits per heavy atom. The number of nitrogens with two attached hydrogens (primary N) is 1. The lowest BCUT2D eigenvalue weighted by atomic mass is 10.3. The van der Waals surface area contributed by atoms with Crippen molar-refractivity contribution in [3.8, 4) is 0 Å². The second-order valence-electron chi connectivity index (χ2n) is 3.76. The lowest BCUT2D eigenvalue weighted by Crippen LogP contribution is -2.33. The van der Waals surface area contributed by atoms with Crippen LogP contribution < -0.4 is 10.6 Å². The summed E-state index contributed by atoms with van der Waals surface area (Å²) in [6, 6.07) is 0.142. The van der Waals surface area contributed by atoms with E-state index < -0.39 is 0 Å². The van der Waals surface area contributed by atoms with Crippen LogP contribution in [0, 0.1) is 13.8 Å². The van der Waals surface area contributed by atoms with Crippen LogP contribution in [0.2, 0.25) is 0 Å². The molecule has 1 heterocycles. The van der Waals surface area contributed by atoms with Crippen LogP contribution in [0.5, 0.6) is 0 Å². The number of nitrogens with zero attached hydrogens (tertiary/aromatic N) is 3. The molecule has 4 heteroatoms. The summed E-state index contributed by atoms with van der Waals surface area (Å²) in [6.07, 6.45) is 1.78. The van der Waals surface area contributed by atoms with E-state index >= 15 is 0 Å². The summed E-state index contributed by atoms with van der Waals surface area (Å²) in [4.78, 5) is 10.7. The van der Waals surface area contributed by atoms with Crippen molar-refractivity contribution in [2.75, 3.05) is 18.5 Å². The highest BCUT2D eigenvalue weighted by Crippen LogP contribution is 2.09. The summed E-state index contributed by atoms with van der Waals surface area (Å²) in [5.74, 6) is 0.880. The molecule has 1 atom stereocenters. The van der Waals surface area contributed by atoms with Crippen LogP contribution in [-0.2, 0) is 0 Å². The van der Waals surface area contributed by atoms with Gasteiger partial charge in [0.2, 0.25) is 0 Å². The molecule has 0 aliphatic carbocycles. The molecule has 0 saturated carbocycles. The Labute approximate surface area is 85.2 Å². The van der Waals surface area contributed by atoms with Gasteiger partial charge >= 0.3 is 0 Å². The van der Waals surface area contributed by atoms with Crippen molar-refractivity contribution in [3.05, 3.63) is 17.6 Å². The van der Waals surface area contributed by atoms with Crippen LogP contribution in [-0.4, -0.2) is 29.6 Å². The molecule has 1 aromatic heterocycles. The first-order valence-electron chi connectivity index (χ1n) is 4.77. The highest BCUT2D eigenvalue weighted by Gasteiger charge is 2.06. The SMILES string of the molecule is Cc1ncc(N(C)CC(C)N)nc1C. The smallest absolute Gasteiger partial charge is 0.147 e. The largest absolute Gasteiger partial charge is 0.357 e. The van der Waals surface area contributed by atoms with Crippen molar-refractivity contribution < 1.29 is 0 Å². The average Bonchev–Trinajstić information content (AvgIpc) is 2.08. The molecule has 4 nitrogen and oxygen atoms in total. The number of anilines is 1. The molecule has 0 saturated heterocycles. The first kappa shape index (κ1) is 10.9. The van der Waals surface area contributed by atoms with E-state index in [0.717, 1.165) is 23.8 Å². The van der Waals surface area contributed by atoms with E-state index in [4.69, 9.17) is 5.73 Å². The van der Waals surface area contributed by atoms with E-state index in [1.807, 2.05) is 32.7 Å². The van der Waals surface area contributed by atoms with E-state index in [-0.39, 0.29) is 6.04 Å². The van der Waals surface area contributed by atoms with Gasteiger partial charge in [0.15, 0.2) is 0 Å². The maximum Gasteiger partial charge on any atom is 0.147 e. The Kier molecular flexibility index (Phi) is 3.41. The van der Waals surface area contributed by atoms with Gasteiger partial charge in [0, 0.05) is 19.6 Å². The van der Waals surface area contributed by atoms with E-state index in [9.17, 15) is 0 Å². The Morgan fingerprint density at radius 2 is 2.07 bits per heavy atom. The molecule has 1 unspecified atom stereocenters. The zero-order valence-electron chi connectivity index (χ0n) is 9.28. The van der Waals surface area contributed by atoms with Gasteiger partial charge in [-0.25, -0.2) is 4.98 Å². The molecule has 0 bridgehead atoms. The molecule has 0 aliphatic heterocycles. The maximum absolute atomic E-state index is 5.71. The minimum absolute atomic E-state index is 0.142. The second-order valence-corrected chi connectivity index (χ2v) is 3.76. The summed E-state index contributed by atoms with van der Waals surface area (Å²) in [5.41, 5.74) is 7.66. The fourth-order valence-electron chi connectivity index (χ4n) is 1.24. The van der Waals surface area contributed by atoms with Crippen LogP contribution in [0.3, 0.4) is 0 Å². The molecule has 0 aliphatic rings. The molecular formula is C10H18N4. The summed E-state index contributed by atoms with van der Waals surface area (Å²) >= 11 is 0. The number of aryl methyl sites for hydroxylation is 2. The first-order chi connectivity index (χ1) is 6.50. The average molecular weight is 194 g/mol. The Bertz CT molecular complexity index is 309. The topological polar surface area (TPSA) is 55.0 Å². The van der Waals surface area contributed by atoms with Crippen molar-refractivity contribution in [2.24, 2.45) is 5.73 Å². The second kappa shape index (κ2) is 4.37. The van der Waals surface area contributed by atoms with Crippen molar-refractivity contribution in [1.82, 2.24) is 9.97 Å². The van der Waals surface area contributed by atoms with Crippen molar-refractivity contribution in [3.63, 3.8) is 0 Å². The van der Waals surface area contributed by atoms with E-state index in [2.05, 4.69) is 9.97 Å². The zero-order valence-corrected chi connectivity index (χ0v) is 9.28. The molecule has 2 N–H and O–H groups in total. The Morgan fingerprint density at radius 1 is 1.43 bits per heavy atom. The molecule has 0 amide bonds. The van der Waals surface area contributed by atoms with Crippen molar-refractivity contribution >= 4 is 5.82 Å². The van der Waals surface area contributed by atoms with Crippen LogP contribution in [0.1, 0.15) is 18.3 Å². The molecule has 78 valence electrons. The quantitative estimate of drug-likeness (QED) is 0.776. The highest BCUT2D eigenvalue weighted by molar-refractivity contribution is 5.36. The third-order valence-corrected chi connectivity index (χ3v) is 2.13. The third-order valence-electron chi connectivity index (χ3n) is 2.13. The zero-order chi connectivity index (χ0) is 10.7. The van der Waals surface area contributed by atoms with Gasteiger partial charge in [-0.2, -0.15) is 0 Å². The number of aromatic nitrogens is 2. The monoisotopic (exact) mass is 194 g/mol. The molecule has 14 heavy (non-hydrogen) atoms. The minimum atomic E-state index is 0.142. The van der Waals surface area contributed by atoms with Crippen LogP contribution in [0.15, 0.2) is 6.20 Å². The number of hydrogen-bond donors (Lipinski definition) is 1. The van der Waals surface area contributed by atoms with Gasteiger partial charge in [0.1, 0.15) is 5.82 Å². The molecule has 0 radical (unpaired) electrons. The van der Waals surface area contributed by atoms with Gasteiger partial charge in [-0.3, -0.25) is 4.98 Å². The summed E-state index contributed by atoms with van der Waals surface area (Å²) in [7, 11) is 1.97. The fraction of sp³-hybridized carbons (Fsp3) is 0.600. The highest BCUT2D eigenvalue weighted by atomic mass is 15.2. The summed E-state index contributed by atoms with van der Waals surface area (Å²) in [5, 5.41) is 0. The van der Waals surface area contributed by atoms with E-state index in [1.165, 1.54) is 0 Å². The minimum Gasteiger partial charge on any atom is -0.357 e. The standard InChI is InChI=1S/C10H18N4/c1-7(11)6-14(4)10-5-12-8(2)9(3)13-10/h5,7H,6,11H2,1-4H3. The molecule has 1 aromatic rings. The number of hydrogen-bond acceptors (Lipinski definition) is 4. The predicted molar refractivity (Wildman–Crippen MR) is 58.4 cm³/mol. The maximum atomic E-state index is 5.71. The Hall–Kier alpha value is -1.16. The summed E-state index contributed by atoms with van der Waals surface area (Å²) in [6.45, 7) is 6.69. The van der Waals surface area contributed by atoms with Gasteiger partial charge in [-0.1, -0.05) is 0 Å². The predicted octanol–water partition coefficient (Wildman–Crippen LogP) is 0.877. The molecule has 0 spiro atoms. The van der Waals surface area contributed by atoms with E-state index in [1.54, 1.807) is 6.20 Å². The number of rotatable bonds is 3. The lowest BCUT2D eigenvalue weighted by Gasteiger charge is -2.20. The normalized spacial score (nSPS) is 12.6. The van der Waals surface area contributed by atoms with Gasteiger partial charge in [0.25, 0.3) is 0 Å². The van der Waals surface area contributed by atoms with E-state index in [0.29, 0.717) is 0 Å². The van der Waals surface area contributed by atoms with Gasteiger partial charge in [0.05, 0.1) is 17.6 Å². The van der Waals surface area contributed by atoms with Gasteiger partial charge in [-0.15, -0.1) is 0 Å². The number of likely N-dealkylation sites (N-methyl/N-ethyl adjacent to an activating group) is 1. The third kappa shape index (κ3) is 2.67. The van der Waals surface area contributed by atoms with Crippen molar-refractivity contribution in [1.29, 1.82) is 0 Å². The molecular weight excluding hydrogens is 176 g/mol. The summed E-state index contributed by atoms with van der Waals surface area (Å²) < 4.78 is 0. The van der Waals surface area contributed by atoms with Crippen LogP contribution >= 0.6 is 0 Å².